The van der Waals surface area contributed by atoms with Gasteiger partial charge in [0.25, 0.3) is 0 Å². The van der Waals surface area contributed by atoms with Crippen molar-refractivity contribution in [3.8, 4) is 0 Å². The van der Waals surface area contributed by atoms with E-state index in [4.69, 9.17) is 0 Å². The van der Waals surface area contributed by atoms with E-state index >= 15 is 0 Å². The Kier molecular flexibility index (Phi) is 4.18. The maximum Gasteiger partial charge on any atom is 0.0570 e. The second-order valence-corrected chi connectivity index (χ2v) is 6.42. The van der Waals surface area contributed by atoms with Crippen LogP contribution in [0, 0.1) is 6.92 Å². The van der Waals surface area contributed by atoms with Gasteiger partial charge < -0.3 is 5.32 Å². The molecule has 1 aromatic heterocycles. The van der Waals surface area contributed by atoms with Crippen molar-refractivity contribution in [1.29, 1.82) is 0 Å². The van der Waals surface area contributed by atoms with Gasteiger partial charge in [0.05, 0.1) is 5.69 Å². The number of halogens is 1. The molecular formula is C17H19BrN2. The minimum atomic E-state index is 0.560. The summed E-state index contributed by atoms with van der Waals surface area (Å²) in [6.45, 7) is 2.99. The van der Waals surface area contributed by atoms with E-state index in [0.717, 1.165) is 25.1 Å². The summed E-state index contributed by atoms with van der Waals surface area (Å²) < 4.78 is 1.19. The molecule has 0 fully saturated rings. The number of hydrogen-bond donors (Lipinski definition) is 1. The van der Waals surface area contributed by atoms with E-state index in [2.05, 4.69) is 57.4 Å². The number of benzene rings is 1. The van der Waals surface area contributed by atoms with Crippen LogP contribution in [0.2, 0.25) is 0 Å². The summed E-state index contributed by atoms with van der Waals surface area (Å²) in [4.78, 5) is 4.45. The molecule has 0 amide bonds. The van der Waals surface area contributed by atoms with E-state index in [1.807, 2.05) is 12.3 Å². The Morgan fingerprint density at radius 2 is 2.20 bits per heavy atom. The van der Waals surface area contributed by atoms with E-state index < -0.39 is 0 Å². The van der Waals surface area contributed by atoms with Gasteiger partial charge in [0.15, 0.2) is 0 Å². The Morgan fingerprint density at radius 1 is 1.30 bits per heavy atom. The van der Waals surface area contributed by atoms with Gasteiger partial charge in [-0.2, -0.15) is 0 Å². The zero-order chi connectivity index (χ0) is 13.9. The summed E-state index contributed by atoms with van der Waals surface area (Å²) in [5.74, 6) is 0. The van der Waals surface area contributed by atoms with Crippen LogP contribution in [0.3, 0.4) is 0 Å². The molecule has 2 aromatic rings. The van der Waals surface area contributed by atoms with Crippen LogP contribution in [0.5, 0.6) is 0 Å². The zero-order valence-corrected chi connectivity index (χ0v) is 13.3. The van der Waals surface area contributed by atoms with Crippen LogP contribution in [-0.4, -0.2) is 11.0 Å². The van der Waals surface area contributed by atoms with Crippen LogP contribution in [0.25, 0.3) is 0 Å². The molecule has 0 spiro atoms. The molecule has 1 aliphatic rings. The fraction of sp³-hybridized carbons (Fsp3) is 0.353. The molecule has 1 aromatic carbocycles. The Bertz CT molecular complexity index is 610. The van der Waals surface area contributed by atoms with Gasteiger partial charge in [-0.25, -0.2) is 0 Å². The smallest absolute Gasteiger partial charge is 0.0570 e. The molecule has 1 heterocycles. The van der Waals surface area contributed by atoms with Crippen molar-refractivity contribution < 1.29 is 0 Å². The molecule has 20 heavy (non-hydrogen) atoms. The number of pyridine rings is 1. The molecule has 3 rings (SSSR count). The fourth-order valence-electron chi connectivity index (χ4n) is 2.84. The highest BCUT2D eigenvalue weighted by atomic mass is 79.9. The number of fused-ring (bicyclic) bond motifs is 1. The van der Waals surface area contributed by atoms with E-state index in [1.54, 1.807) is 0 Å². The van der Waals surface area contributed by atoms with Crippen LogP contribution in [0.1, 0.15) is 28.8 Å². The first-order valence-electron chi connectivity index (χ1n) is 7.13. The summed E-state index contributed by atoms with van der Waals surface area (Å²) in [6, 6.07) is 11.3. The normalized spacial score (nSPS) is 17.8. The molecule has 3 heteroatoms. The van der Waals surface area contributed by atoms with Gasteiger partial charge in [0.1, 0.15) is 0 Å². The topological polar surface area (TPSA) is 24.9 Å². The van der Waals surface area contributed by atoms with Crippen molar-refractivity contribution in [1.82, 2.24) is 10.3 Å². The van der Waals surface area contributed by atoms with Gasteiger partial charge in [0.2, 0.25) is 0 Å². The maximum absolute atomic E-state index is 4.45. The lowest BCUT2D eigenvalue weighted by atomic mass is 9.88. The minimum Gasteiger partial charge on any atom is -0.308 e. The van der Waals surface area contributed by atoms with Gasteiger partial charge in [-0.05, 0) is 61.1 Å². The molecule has 0 aliphatic heterocycles. The molecule has 0 saturated heterocycles. The number of aromatic nitrogens is 1. The maximum atomic E-state index is 4.45. The van der Waals surface area contributed by atoms with Crippen molar-refractivity contribution in [3.05, 3.63) is 63.4 Å². The van der Waals surface area contributed by atoms with Crippen LogP contribution in [-0.2, 0) is 19.4 Å². The average molecular weight is 331 g/mol. The monoisotopic (exact) mass is 330 g/mol. The zero-order valence-electron chi connectivity index (χ0n) is 11.7. The first kappa shape index (κ1) is 13.8. The van der Waals surface area contributed by atoms with Crippen molar-refractivity contribution >= 4 is 15.9 Å². The number of nitrogens with zero attached hydrogens (tertiary/aromatic N) is 1. The highest BCUT2D eigenvalue weighted by molar-refractivity contribution is 9.10. The van der Waals surface area contributed by atoms with Crippen molar-refractivity contribution in [2.24, 2.45) is 0 Å². The van der Waals surface area contributed by atoms with Crippen molar-refractivity contribution in [2.75, 3.05) is 0 Å². The lowest BCUT2D eigenvalue weighted by molar-refractivity contribution is 0.454. The van der Waals surface area contributed by atoms with Crippen molar-refractivity contribution in [3.63, 3.8) is 0 Å². The van der Waals surface area contributed by atoms with Crippen molar-refractivity contribution in [2.45, 2.75) is 38.8 Å². The highest BCUT2D eigenvalue weighted by Crippen LogP contribution is 2.25. The molecule has 0 radical (unpaired) electrons. The summed E-state index contributed by atoms with van der Waals surface area (Å²) >= 11 is 3.55. The van der Waals surface area contributed by atoms with E-state index in [1.165, 1.54) is 27.6 Å². The van der Waals surface area contributed by atoms with Gasteiger partial charge in [0, 0.05) is 23.3 Å². The second-order valence-electron chi connectivity index (χ2n) is 5.50. The molecular weight excluding hydrogens is 312 g/mol. The quantitative estimate of drug-likeness (QED) is 0.925. The molecule has 1 atom stereocenters. The third-order valence-corrected chi connectivity index (χ3v) is 4.57. The molecule has 1 aliphatic carbocycles. The van der Waals surface area contributed by atoms with Crippen LogP contribution < -0.4 is 5.32 Å². The van der Waals surface area contributed by atoms with E-state index in [0.29, 0.717) is 6.04 Å². The summed E-state index contributed by atoms with van der Waals surface area (Å²) in [5, 5.41) is 3.66. The predicted molar refractivity (Wildman–Crippen MR) is 85.8 cm³/mol. The molecule has 104 valence electrons. The van der Waals surface area contributed by atoms with Crippen LogP contribution >= 0.6 is 15.9 Å². The molecule has 2 nitrogen and oxygen atoms in total. The second kappa shape index (κ2) is 6.06. The van der Waals surface area contributed by atoms with Crippen LogP contribution in [0.15, 0.2) is 41.0 Å². The number of aryl methyl sites for hydroxylation is 2. The van der Waals surface area contributed by atoms with E-state index in [9.17, 15) is 0 Å². The first-order chi connectivity index (χ1) is 9.72. The highest BCUT2D eigenvalue weighted by Gasteiger charge is 2.18. The minimum absolute atomic E-state index is 0.560. The lowest BCUT2D eigenvalue weighted by Crippen LogP contribution is -2.34. The van der Waals surface area contributed by atoms with Gasteiger partial charge in [-0.3, -0.25) is 4.98 Å². The fourth-order valence-corrected chi connectivity index (χ4v) is 3.25. The largest absolute Gasteiger partial charge is 0.308 e. The SMILES string of the molecule is Cc1cccnc1CNC1CCc2cc(Br)ccc2C1. The summed E-state index contributed by atoms with van der Waals surface area (Å²) in [5.41, 5.74) is 5.40. The average Bonchev–Trinajstić information content (AvgIpc) is 2.46. The number of nitrogens with one attached hydrogen (secondary N) is 1. The third-order valence-electron chi connectivity index (χ3n) is 4.07. The lowest BCUT2D eigenvalue weighted by Gasteiger charge is -2.26. The Morgan fingerprint density at radius 3 is 3.05 bits per heavy atom. The molecule has 0 saturated carbocycles. The Balaban J connectivity index is 1.63. The van der Waals surface area contributed by atoms with Gasteiger partial charge in [-0.1, -0.05) is 28.1 Å². The summed E-state index contributed by atoms with van der Waals surface area (Å²) in [6.07, 6.45) is 5.36. The Labute approximate surface area is 128 Å². The molecule has 0 bridgehead atoms. The Hall–Kier alpha value is -1.19. The van der Waals surface area contributed by atoms with Gasteiger partial charge in [-0.15, -0.1) is 0 Å². The number of rotatable bonds is 3. The number of hydrogen-bond acceptors (Lipinski definition) is 2. The standard InChI is InChI=1S/C17H19BrN2/c1-12-3-2-8-19-17(12)11-20-16-7-5-13-9-15(18)6-4-14(13)10-16/h2-4,6,8-9,16,20H,5,7,10-11H2,1H3. The van der Waals surface area contributed by atoms with Gasteiger partial charge >= 0.3 is 0 Å². The molecule has 1 unspecified atom stereocenters. The summed E-state index contributed by atoms with van der Waals surface area (Å²) in [7, 11) is 0. The van der Waals surface area contributed by atoms with Crippen LogP contribution in [0.4, 0.5) is 0 Å². The predicted octanol–water partition coefficient (Wildman–Crippen LogP) is 3.80. The third kappa shape index (κ3) is 3.10. The molecule has 1 N–H and O–H groups in total. The first-order valence-corrected chi connectivity index (χ1v) is 7.93. The van der Waals surface area contributed by atoms with E-state index in [-0.39, 0.29) is 0 Å².